The summed E-state index contributed by atoms with van der Waals surface area (Å²) < 4.78 is 37.2. The zero-order chi connectivity index (χ0) is 12.9. The third-order valence-electron chi connectivity index (χ3n) is 2.11. The molecule has 0 unspecified atom stereocenters. The van der Waals surface area contributed by atoms with Crippen LogP contribution < -0.4 is 10.6 Å². The summed E-state index contributed by atoms with van der Waals surface area (Å²) in [7, 11) is 1.72. The number of carbonyl (C=O) groups excluding carboxylic acids is 1. The Labute approximate surface area is 109 Å². The van der Waals surface area contributed by atoms with Crippen LogP contribution in [0.3, 0.4) is 0 Å². The lowest BCUT2D eigenvalue weighted by Gasteiger charge is -2.09. The van der Waals surface area contributed by atoms with Gasteiger partial charge in [-0.1, -0.05) is 6.07 Å². The molecule has 18 heavy (non-hydrogen) atoms. The number of benzene rings is 1. The number of likely N-dealkylation sites (N-methyl/N-ethyl adjacent to an activating group) is 1. The fourth-order valence-electron chi connectivity index (χ4n) is 1.24. The minimum absolute atomic E-state index is 0. The topological polar surface area (TPSA) is 41.1 Å². The van der Waals surface area contributed by atoms with Crippen molar-refractivity contribution in [1.82, 2.24) is 10.6 Å². The fourth-order valence-corrected chi connectivity index (χ4v) is 1.24. The molecule has 0 aromatic heterocycles. The van der Waals surface area contributed by atoms with E-state index >= 15 is 0 Å². The van der Waals surface area contributed by atoms with E-state index in [9.17, 15) is 18.0 Å². The van der Waals surface area contributed by atoms with Crippen molar-refractivity contribution in [2.24, 2.45) is 0 Å². The van der Waals surface area contributed by atoms with E-state index in [0.29, 0.717) is 13.1 Å². The molecular weight excluding hydrogens is 269 g/mol. The van der Waals surface area contributed by atoms with Crippen molar-refractivity contribution in [3.63, 3.8) is 0 Å². The molecule has 0 aliphatic heterocycles. The summed E-state index contributed by atoms with van der Waals surface area (Å²) >= 11 is 0. The van der Waals surface area contributed by atoms with Gasteiger partial charge < -0.3 is 10.6 Å². The van der Waals surface area contributed by atoms with Crippen LogP contribution in [-0.4, -0.2) is 26.0 Å². The molecule has 7 heteroatoms. The van der Waals surface area contributed by atoms with Gasteiger partial charge in [-0.15, -0.1) is 12.4 Å². The van der Waals surface area contributed by atoms with Crippen LogP contribution in [0.5, 0.6) is 0 Å². The highest BCUT2D eigenvalue weighted by atomic mass is 35.5. The van der Waals surface area contributed by atoms with Crippen LogP contribution >= 0.6 is 12.4 Å². The Kier molecular flexibility index (Phi) is 6.72. The third-order valence-corrected chi connectivity index (χ3v) is 2.11. The van der Waals surface area contributed by atoms with Crippen LogP contribution in [0.2, 0.25) is 0 Å². The molecule has 1 aromatic rings. The lowest BCUT2D eigenvalue weighted by Crippen LogP contribution is -2.30. The molecule has 1 rings (SSSR count). The summed E-state index contributed by atoms with van der Waals surface area (Å²) in [5.74, 6) is -0.508. The zero-order valence-corrected chi connectivity index (χ0v) is 10.5. The smallest absolute Gasteiger partial charge is 0.351 e. The second-order valence-electron chi connectivity index (χ2n) is 3.44. The predicted octanol–water partition coefficient (Wildman–Crippen LogP) is 2.08. The summed E-state index contributed by atoms with van der Waals surface area (Å²) in [6.45, 7) is 0.927. The molecule has 2 N–H and O–H groups in total. The van der Waals surface area contributed by atoms with Crippen LogP contribution in [0.25, 0.3) is 0 Å². The molecule has 1 aromatic carbocycles. The number of carbonyl (C=O) groups is 1. The molecule has 0 aliphatic carbocycles. The maximum Gasteiger partial charge on any atom is 0.416 e. The average molecular weight is 283 g/mol. The lowest BCUT2D eigenvalue weighted by molar-refractivity contribution is -0.137. The highest BCUT2D eigenvalue weighted by Crippen LogP contribution is 2.29. The Morgan fingerprint density at radius 1 is 1.28 bits per heavy atom. The highest BCUT2D eigenvalue weighted by Gasteiger charge is 2.30. The van der Waals surface area contributed by atoms with Crippen molar-refractivity contribution >= 4 is 18.3 Å². The van der Waals surface area contributed by atoms with Gasteiger partial charge in [0, 0.05) is 18.7 Å². The van der Waals surface area contributed by atoms with Crippen LogP contribution in [-0.2, 0) is 6.18 Å². The van der Waals surface area contributed by atoms with Gasteiger partial charge >= 0.3 is 6.18 Å². The van der Waals surface area contributed by atoms with Crippen molar-refractivity contribution in [2.75, 3.05) is 20.1 Å². The Bertz CT molecular complexity index is 396. The molecule has 102 valence electrons. The summed E-state index contributed by atoms with van der Waals surface area (Å²) in [4.78, 5) is 11.5. The van der Waals surface area contributed by atoms with Crippen molar-refractivity contribution in [3.8, 4) is 0 Å². The van der Waals surface area contributed by atoms with Crippen LogP contribution in [0.15, 0.2) is 24.3 Å². The zero-order valence-electron chi connectivity index (χ0n) is 9.67. The molecule has 0 aliphatic rings. The maximum absolute atomic E-state index is 12.4. The van der Waals surface area contributed by atoms with E-state index in [0.717, 1.165) is 12.1 Å². The van der Waals surface area contributed by atoms with Crippen LogP contribution in [0, 0.1) is 0 Å². The van der Waals surface area contributed by atoms with Gasteiger partial charge in [0.25, 0.3) is 5.91 Å². The van der Waals surface area contributed by atoms with E-state index in [-0.39, 0.29) is 18.0 Å². The summed E-state index contributed by atoms with van der Waals surface area (Å²) in [5.41, 5.74) is -0.810. The van der Waals surface area contributed by atoms with E-state index in [1.54, 1.807) is 7.05 Å². The fraction of sp³-hybridized carbons (Fsp3) is 0.364. The molecule has 0 bridgehead atoms. The van der Waals surface area contributed by atoms with Gasteiger partial charge in [-0.3, -0.25) is 4.79 Å². The van der Waals surface area contributed by atoms with Crippen LogP contribution in [0.1, 0.15) is 15.9 Å². The largest absolute Gasteiger partial charge is 0.416 e. The standard InChI is InChI=1S/C11H13F3N2O.ClH/c1-15-5-6-16-10(17)8-3-2-4-9(7-8)11(12,13)14;/h2-4,7,15H,5-6H2,1H3,(H,16,17);1H. The summed E-state index contributed by atoms with van der Waals surface area (Å²) in [6, 6.07) is 4.35. The van der Waals surface area contributed by atoms with Crippen molar-refractivity contribution in [2.45, 2.75) is 6.18 Å². The average Bonchev–Trinajstić information content (AvgIpc) is 2.28. The predicted molar refractivity (Wildman–Crippen MR) is 65.0 cm³/mol. The van der Waals surface area contributed by atoms with E-state index in [1.807, 2.05) is 0 Å². The number of nitrogens with one attached hydrogen (secondary N) is 2. The first-order chi connectivity index (χ1) is 7.95. The van der Waals surface area contributed by atoms with Crippen molar-refractivity contribution in [1.29, 1.82) is 0 Å². The minimum Gasteiger partial charge on any atom is -0.351 e. The minimum atomic E-state index is -4.43. The lowest BCUT2D eigenvalue weighted by atomic mass is 10.1. The van der Waals surface area contributed by atoms with E-state index in [1.165, 1.54) is 12.1 Å². The van der Waals surface area contributed by atoms with Crippen molar-refractivity contribution in [3.05, 3.63) is 35.4 Å². The molecule has 1 amide bonds. The first-order valence-corrected chi connectivity index (χ1v) is 5.05. The molecular formula is C11H14ClF3N2O. The van der Waals surface area contributed by atoms with E-state index < -0.39 is 17.6 Å². The Morgan fingerprint density at radius 2 is 1.94 bits per heavy atom. The van der Waals surface area contributed by atoms with Gasteiger partial charge in [-0.2, -0.15) is 13.2 Å². The maximum atomic E-state index is 12.4. The molecule has 0 radical (unpaired) electrons. The van der Waals surface area contributed by atoms with Crippen LogP contribution in [0.4, 0.5) is 13.2 Å². The first kappa shape index (κ1) is 16.7. The van der Waals surface area contributed by atoms with E-state index in [4.69, 9.17) is 0 Å². The molecule has 0 saturated carbocycles. The molecule has 0 spiro atoms. The first-order valence-electron chi connectivity index (χ1n) is 5.05. The molecule has 3 nitrogen and oxygen atoms in total. The normalized spacial score (nSPS) is 10.7. The second-order valence-corrected chi connectivity index (χ2v) is 3.44. The molecule has 0 atom stereocenters. The Hall–Kier alpha value is -1.27. The summed E-state index contributed by atoms with van der Waals surface area (Å²) in [5, 5.41) is 5.33. The molecule has 0 fully saturated rings. The molecule has 0 heterocycles. The summed E-state index contributed by atoms with van der Waals surface area (Å²) in [6.07, 6.45) is -4.43. The van der Waals surface area contributed by atoms with Gasteiger partial charge in [-0.05, 0) is 25.2 Å². The SMILES string of the molecule is CNCCNC(=O)c1cccc(C(F)(F)F)c1.Cl. The quantitative estimate of drug-likeness (QED) is 0.830. The number of alkyl halides is 3. The second kappa shape index (κ2) is 7.23. The number of hydrogen-bond donors (Lipinski definition) is 2. The number of amides is 1. The number of halogens is 4. The highest BCUT2D eigenvalue weighted by molar-refractivity contribution is 5.94. The monoisotopic (exact) mass is 282 g/mol. The molecule has 0 saturated heterocycles. The Balaban J connectivity index is 0.00000289. The van der Waals surface area contributed by atoms with Gasteiger partial charge in [0.1, 0.15) is 0 Å². The van der Waals surface area contributed by atoms with Gasteiger partial charge in [-0.25, -0.2) is 0 Å². The number of rotatable bonds is 4. The van der Waals surface area contributed by atoms with Crippen molar-refractivity contribution < 1.29 is 18.0 Å². The van der Waals surface area contributed by atoms with Gasteiger partial charge in [0.05, 0.1) is 5.56 Å². The van der Waals surface area contributed by atoms with E-state index in [2.05, 4.69) is 10.6 Å². The third kappa shape index (κ3) is 4.93. The number of hydrogen-bond acceptors (Lipinski definition) is 2. The van der Waals surface area contributed by atoms with Gasteiger partial charge in [0.2, 0.25) is 0 Å². The van der Waals surface area contributed by atoms with Gasteiger partial charge in [0.15, 0.2) is 0 Å². The Morgan fingerprint density at radius 3 is 2.50 bits per heavy atom.